The first kappa shape index (κ1) is 10.6. The highest BCUT2D eigenvalue weighted by atomic mass is 16.1. The van der Waals surface area contributed by atoms with E-state index in [2.05, 4.69) is 16.8 Å². The molecular weight excluding hydrogens is 210 g/mol. The van der Waals surface area contributed by atoms with E-state index in [1.165, 1.54) is 36.6 Å². The number of rotatable bonds is 3. The standard InChI is InChI=1S/C15H17NO/c17-11-13-5-6-14-7-8-16(15(14)9-13)10-12-3-1-2-4-12/h5-9,11-12H,1-4,10H2. The third-order valence-corrected chi connectivity index (χ3v) is 3.86. The third-order valence-electron chi connectivity index (χ3n) is 3.86. The van der Waals surface area contributed by atoms with E-state index >= 15 is 0 Å². The Bertz CT molecular complexity index is 535. The van der Waals surface area contributed by atoms with Crippen molar-refractivity contribution >= 4 is 17.2 Å². The normalized spacial score (nSPS) is 16.7. The van der Waals surface area contributed by atoms with Crippen molar-refractivity contribution in [1.82, 2.24) is 4.57 Å². The molecule has 0 aliphatic heterocycles. The van der Waals surface area contributed by atoms with Crippen LogP contribution in [0.2, 0.25) is 0 Å². The predicted octanol–water partition coefficient (Wildman–Crippen LogP) is 3.64. The van der Waals surface area contributed by atoms with Crippen LogP contribution in [0.4, 0.5) is 0 Å². The number of carbonyl (C=O) groups is 1. The first-order valence-electron chi connectivity index (χ1n) is 6.41. The fourth-order valence-electron chi connectivity index (χ4n) is 2.90. The Hall–Kier alpha value is -1.57. The number of aromatic nitrogens is 1. The molecule has 1 aliphatic rings. The topological polar surface area (TPSA) is 22.0 Å². The van der Waals surface area contributed by atoms with Gasteiger partial charge in [-0.3, -0.25) is 4.79 Å². The van der Waals surface area contributed by atoms with Crippen molar-refractivity contribution in [1.29, 1.82) is 0 Å². The van der Waals surface area contributed by atoms with Crippen LogP contribution in [0.3, 0.4) is 0 Å². The SMILES string of the molecule is O=Cc1ccc2ccn(CC3CCCC3)c2c1. The molecule has 1 aromatic heterocycles. The summed E-state index contributed by atoms with van der Waals surface area (Å²) >= 11 is 0. The maximum atomic E-state index is 10.8. The van der Waals surface area contributed by atoms with Gasteiger partial charge in [-0.05, 0) is 36.3 Å². The van der Waals surface area contributed by atoms with Crippen molar-refractivity contribution in [3.8, 4) is 0 Å². The molecule has 1 fully saturated rings. The number of fused-ring (bicyclic) bond motifs is 1. The first-order valence-corrected chi connectivity index (χ1v) is 6.41. The molecular formula is C15H17NO. The minimum Gasteiger partial charge on any atom is -0.347 e. The summed E-state index contributed by atoms with van der Waals surface area (Å²) in [6.45, 7) is 1.10. The van der Waals surface area contributed by atoms with Crippen molar-refractivity contribution in [2.75, 3.05) is 0 Å². The molecule has 88 valence electrons. The van der Waals surface area contributed by atoms with Gasteiger partial charge in [-0.25, -0.2) is 0 Å². The highest BCUT2D eigenvalue weighted by Gasteiger charge is 2.16. The minimum absolute atomic E-state index is 0.767. The third kappa shape index (κ3) is 1.99. The van der Waals surface area contributed by atoms with Crippen molar-refractivity contribution in [2.45, 2.75) is 32.2 Å². The maximum absolute atomic E-state index is 10.8. The number of hydrogen-bond donors (Lipinski definition) is 0. The summed E-state index contributed by atoms with van der Waals surface area (Å²) in [7, 11) is 0. The van der Waals surface area contributed by atoms with Gasteiger partial charge in [0.25, 0.3) is 0 Å². The van der Waals surface area contributed by atoms with Gasteiger partial charge in [0.15, 0.2) is 0 Å². The van der Waals surface area contributed by atoms with E-state index in [0.29, 0.717) is 0 Å². The molecule has 2 nitrogen and oxygen atoms in total. The van der Waals surface area contributed by atoms with E-state index in [1.54, 1.807) is 0 Å². The average molecular weight is 227 g/mol. The summed E-state index contributed by atoms with van der Waals surface area (Å²) in [5, 5.41) is 1.23. The van der Waals surface area contributed by atoms with Gasteiger partial charge in [-0.15, -0.1) is 0 Å². The summed E-state index contributed by atoms with van der Waals surface area (Å²) in [5.41, 5.74) is 1.96. The molecule has 2 aromatic rings. The second-order valence-corrected chi connectivity index (χ2v) is 5.05. The molecule has 3 rings (SSSR count). The zero-order valence-electron chi connectivity index (χ0n) is 9.93. The zero-order valence-corrected chi connectivity index (χ0v) is 9.93. The molecule has 0 saturated heterocycles. The van der Waals surface area contributed by atoms with Gasteiger partial charge < -0.3 is 4.57 Å². The number of nitrogens with zero attached hydrogens (tertiary/aromatic N) is 1. The molecule has 1 saturated carbocycles. The van der Waals surface area contributed by atoms with Crippen LogP contribution >= 0.6 is 0 Å². The zero-order chi connectivity index (χ0) is 11.7. The Morgan fingerprint density at radius 3 is 2.82 bits per heavy atom. The van der Waals surface area contributed by atoms with Gasteiger partial charge in [0.1, 0.15) is 6.29 Å². The van der Waals surface area contributed by atoms with Gasteiger partial charge in [0.2, 0.25) is 0 Å². The van der Waals surface area contributed by atoms with E-state index in [4.69, 9.17) is 0 Å². The number of carbonyl (C=O) groups excluding carboxylic acids is 1. The van der Waals surface area contributed by atoms with Gasteiger partial charge in [0, 0.05) is 23.8 Å². The van der Waals surface area contributed by atoms with Gasteiger partial charge in [-0.1, -0.05) is 25.0 Å². The van der Waals surface area contributed by atoms with Crippen LogP contribution in [-0.4, -0.2) is 10.9 Å². The van der Waals surface area contributed by atoms with Crippen LogP contribution in [-0.2, 0) is 6.54 Å². The van der Waals surface area contributed by atoms with Gasteiger partial charge in [-0.2, -0.15) is 0 Å². The van der Waals surface area contributed by atoms with E-state index in [1.807, 2.05) is 18.2 Å². The van der Waals surface area contributed by atoms with E-state index < -0.39 is 0 Å². The highest BCUT2D eigenvalue weighted by Crippen LogP contribution is 2.28. The predicted molar refractivity (Wildman–Crippen MR) is 69.3 cm³/mol. The van der Waals surface area contributed by atoms with Crippen LogP contribution < -0.4 is 0 Å². The van der Waals surface area contributed by atoms with Crippen molar-refractivity contribution in [3.05, 3.63) is 36.0 Å². The van der Waals surface area contributed by atoms with Crippen LogP contribution in [0.25, 0.3) is 10.9 Å². The molecule has 0 spiro atoms. The van der Waals surface area contributed by atoms with Crippen LogP contribution in [0.1, 0.15) is 36.0 Å². The number of aldehydes is 1. The summed E-state index contributed by atoms with van der Waals surface area (Å²) in [4.78, 5) is 10.8. The molecule has 1 aliphatic carbocycles. The first-order chi connectivity index (χ1) is 8.36. The Labute approximate surface area is 101 Å². The summed E-state index contributed by atoms with van der Waals surface area (Å²) in [6.07, 6.45) is 8.54. The molecule has 0 N–H and O–H groups in total. The summed E-state index contributed by atoms with van der Waals surface area (Å²) < 4.78 is 2.30. The van der Waals surface area contributed by atoms with Crippen LogP contribution in [0, 0.1) is 5.92 Å². The molecule has 0 radical (unpaired) electrons. The molecule has 0 unspecified atom stereocenters. The Morgan fingerprint density at radius 2 is 2.06 bits per heavy atom. The highest BCUT2D eigenvalue weighted by molar-refractivity contribution is 5.87. The molecule has 0 bridgehead atoms. The molecule has 2 heteroatoms. The van der Waals surface area contributed by atoms with Crippen LogP contribution in [0.15, 0.2) is 30.5 Å². The molecule has 0 atom stereocenters. The summed E-state index contributed by atoms with van der Waals surface area (Å²) in [5.74, 6) is 0.825. The lowest BCUT2D eigenvalue weighted by Crippen LogP contribution is -2.05. The lowest BCUT2D eigenvalue weighted by atomic mass is 10.1. The van der Waals surface area contributed by atoms with Crippen molar-refractivity contribution < 1.29 is 4.79 Å². The Morgan fingerprint density at radius 1 is 1.24 bits per heavy atom. The van der Waals surface area contributed by atoms with Gasteiger partial charge >= 0.3 is 0 Å². The lowest BCUT2D eigenvalue weighted by Gasteiger charge is -2.11. The molecule has 1 heterocycles. The van der Waals surface area contributed by atoms with E-state index in [9.17, 15) is 4.79 Å². The molecule has 17 heavy (non-hydrogen) atoms. The molecule has 0 amide bonds. The van der Waals surface area contributed by atoms with Gasteiger partial charge in [0.05, 0.1) is 0 Å². The van der Waals surface area contributed by atoms with E-state index in [-0.39, 0.29) is 0 Å². The Balaban J connectivity index is 1.94. The average Bonchev–Trinajstić information content (AvgIpc) is 2.99. The maximum Gasteiger partial charge on any atom is 0.150 e. The Kier molecular flexibility index (Phi) is 2.71. The quantitative estimate of drug-likeness (QED) is 0.734. The smallest absolute Gasteiger partial charge is 0.150 e. The molecule has 1 aromatic carbocycles. The van der Waals surface area contributed by atoms with Crippen LogP contribution in [0.5, 0.6) is 0 Å². The fourth-order valence-corrected chi connectivity index (χ4v) is 2.90. The fraction of sp³-hybridized carbons (Fsp3) is 0.400. The van der Waals surface area contributed by atoms with Crippen molar-refractivity contribution in [3.63, 3.8) is 0 Å². The summed E-state index contributed by atoms with van der Waals surface area (Å²) in [6, 6.07) is 8.05. The second-order valence-electron chi connectivity index (χ2n) is 5.05. The van der Waals surface area contributed by atoms with Crippen molar-refractivity contribution in [2.24, 2.45) is 5.92 Å². The largest absolute Gasteiger partial charge is 0.347 e. The minimum atomic E-state index is 0.767. The lowest BCUT2D eigenvalue weighted by molar-refractivity contribution is 0.112. The number of hydrogen-bond acceptors (Lipinski definition) is 1. The monoisotopic (exact) mass is 227 g/mol. The second kappa shape index (κ2) is 4.36. The number of benzene rings is 1. The van der Waals surface area contributed by atoms with E-state index in [0.717, 1.165) is 24.3 Å².